The van der Waals surface area contributed by atoms with Crippen molar-refractivity contribution in [3.63, 3.8) is 0 Å². The van der Waals surface area contributed by atoms with Crippen molar-refractivity contribution in [1.82, 2.24) is 0 Å². The minimum absolute atomic E-state index is 0.110. The minimum atomic E-state index is -0.110. The van der Waals surface area contributed by atoms with Crippen molar-refractivity contribution >= 4 is 33.8 Å². The van der Waals surface area contributed by atoms with Gasteiger partial charge >= 0.3 is 5.97 Å². The number of rotatable bonds is 25. The zero-order valence-corrected chi connectivity index (χ0v) is 28.2. The lowest BCUT2D eigenvalue weighted by molar-refractivity contribution is -0.134. The van der Waals surface area contributed by atoms with Crippen LogP contribution >= 0.6 is 11.3 Å². The summed E-state index contributed by atoms with van der Waals surface area (Å²) in [6.45, 7) is 6.56. The Morgan fingerprint density at radius 1 is 0.674 bits per heavy atom. The molecule has 0 amide bonds. The highest BCUT2D eigenvalue weighted by Crippen LogP contribution is 2.30. The molecule has 0 radical (unpaired) electrons. The van der Waals surface area contributed by atoms with Crippen molar-refractivity contribution in [1.29, 1.82) is 0 Å². The summed E-state index contributed by atoms with van der Waals surface area (Å²) in [5.74, 6) is 0.572. The molecule has 0 atom stereocenters. The van der Waals surface area contributed by atoms with E-state index in [0.717, 1.165) is 49.5 Å². The van der Waals surface area contributed by atoms with Gasteiger partial charge in [-0.05, 0) is 60.4 Å². The van der Waals surface area contributed by atoms with E-state index in [9.17, 15) is 4.79 Å². The fourth-order valence-electron chi connectivity index (χ4n) is 6.03. The van der Waals surface area contributed by atoms with E-state index in [4.69, 9.17) is 4.74 Å². The monoisotopic (exact) mass is 605 g/mol. The maximum Gasteiger partial charge on any atom is 0.311 e. The summed E-state index contributed by atoms with van der Waals surface area (Å²) in [7, 11) is 0. The van der Waals surface area contributed by atoms with Crippen LogP contribution in [0.5, 0.6) is 5.75 Å². The highest BCUT2D eigenvalue weighted by atomic mass is 32.1. The second-order valence-electron chi connectivity index (χ2n) is 12.4. The Morgan fingerprint density at radius 3 is 1.88 bits per heavy atom. The molecule has 0 spiro atoms. The van der Waals surface area contributed by atoms with Gasteiger partial charge in [0.15, 0.2) is 0 Å². The number of carbonyl (C=O) groups excluding carboxylic acids is 1. The number of nitrogens with zero attached hydrogens (tertiary/aromatic N) is 1. The van der Waals surface area contributed by atoms with Crippen LogP contribution in [-0.2, 0) is 11.2 Å². The van der Waals surface area contributed by atoms with Crippen LogP contribution < -0.4 is 9.64 Å². The van der Waals surface area contributed by atoms with Crippen molar-refractivity contribution < 1.29 is 9.53 Å². The predicted octanol–water partition coefficient (Wildman–Crippen LogP) is 12.3. The van der Waals surface area contributed by atoms with Gasteiger partial charge in [0.1, 0.15) is 5.75 Å². The Kier molecular flexibility index (Phi) is 18.2. The number of esters is 1. The Bertz CT molecular complexity index is 1130. The normalized spacial score (nSPS) is 11.3. The van der Waals surface area contributed by atoms with Gasteiger partial charge in [0.25, 0.3) is 0 Å². The van der Waals surface area contributed by atoms with Crippen molar-refractivity contribution in [2.24, 2.45) is 0 Å². The van der Waals surface area contributed by atoms with Gasteiger partial charge in [0.2, 0.25) is 0 Å². The smallest absolute Gasteiger partial charge is 0.311 e. The van der Waals surface area contributed by atoms with E-state index < -0.39 is 0 Å². The molecule has 4 heteroatoms. The van der Waals surface area contributed by atoms with Crippen molar-refractivity contribution in [2.45, 2.75) is 142 Å². The van der Waals surface area contributed by atoms with E-state index in [2.05, 4.69) is 60.5 Å². The topological polar surface area (TPSA) is 29.5 Å². The summed E-state index contributed by atoms with van der Waals surface area (Å²) in [6, 6.07) is 16.9. The largest absolute Gasteiger partial charge is 0.426 e. The molecule has 2 aromatic carbocycles. The number of ether oxygens (including phenoxy) is 1. The van der Waals surface area contributed by atoms with Gasteiger partial charge in [-0.2, -0.15) is 0 Å². The summed E-state index contributed by atoms with van der Waals surface area (Å²) in [4.78, 5) is 16.5. The fourth-order valence-corrected chi connectivity index (χ4v) is 6.73. The first-order valence-corrected chi connectivity index (χ1v) is 18.6. The molecule has 0 aliphatic rings. The second kappa shape index (κ2) is 22.2. The molecule has 0 aliphatic heterocycles. The molecule has 238 valence electrons. The van der Waals surface area contributed by atoms with Gasteiger partial charge in [0, 0.05) is 35.5 Å². The van der Waals surface area contributed by atoms with Crippen LogP contribution in [0, 0.1) is 0 Å². The van der Waals surface area contributed by atoms with Gasteiger partial charge in [0.05, 0.1) is 0 Å². The predicted molar refractivity (Wildman–Crippen MR) is 189 cm³/mol. The van der Waals surface area contributed by atoms with Crippen LogP contribution in [0.25, 0.3) is 10.8 Å². The molecule has 0 aliphatic carbocycles. The quantitative estimate of drug-likeness (QED) is 0.0546. The van der Waals surface area contributed by atoms with Gasteiger partial charge in [-0.1, -0.05) is 135 Å². The zero-order valence-electron chi connectivity index (χ0n) is 27.4. The lowest BCUT2D eigenvalue weighted by Gasteiger charge is -2.24. The molecule has 3 nitrogen and oxygen atoms in total. The SMILES string of the molecule is CCCCCCCCCCCCCCCCCCCC(=O)Oc1cccc2cc(N(CCC)CCc3cccs3)ccc12. The Morgan fingerprint density at radius 2 is 1.30 bits per heavy atom. The number of benzene rings is 2. The fraction of sp³-hybridized carbons (Fsp3) is 0.615. The molecular formula is C39H59NO2S. The Hall–Kier alpha value is -2.33. The van der Waals surface area contributed by atoms with Crippen LogP contribution in [0.3, 0.4) is 0 Å². The average Bonchev–Trinajstić information content (AvgIpc) is 3.54. The van der Waals surface area contributed by atoms with E-state index >= 15 is 0 Å². The summed E-state index contributed by atoms with van der Waals surface area (Å²) in [5, 5.41) is 4.29. The van der Waals surface area contributed by atoms with Crippen molar-refractivity contribution in [3.8, 4) is 5.75 Å². The third kappa shape index (κ3) is 14.3. The van der Waals surface area contributed by atoms with Crippen molar-refractivity contribution in [2.75, 3.05) is 18.0 Å². The van der Waals surface area contributed by atoms with Crippen LogP contribution in [0.1, 0.15) is 141 Å². The molecule has 0 unspecified atom stereocenters. The molecule has 1 aromatic heterocycles. The van der Waals surface area contributed by atoms with E-state index in [1.54, 1.807) is 0 Å². The molecule has 0 bridgehead atoms. The van der Waals surface area contributed by atoms with E-state index in [1.165, 1.54) is 107 Å². The van der Waals surface area contributed by atoms with E-state index in [0.29, 0.717) is 12.2 Å². The number of anilines is 1. The first-order valence-electron chi connectivity index (χ1n) is 17.7. The molecule has 0 N–H and O–H groups in total. The maximum atomic E-state index is 12.6. The molecular weight excluding hydrogens is 547 g/mol. The first-order chi connectivity index (χ1) is 21.2. The highest BCUT2D eigenvalue weighted by Gasteiger charge is 2.12. The Balaban J connectivity index is 1.27. The molecule has 0 saturated heterocycles. The molecule has 43 heavy (non-hydrogen) atoms. The van der Waals surface area contributed by atoms with Crippen LogP contribution in [0.4, 0.5) is 5.69 Å². The molecule has 0 fully saturated rings. The number of thiophene rings is 1. The Labute approximate surface area is 267 Å². The third-order valence-corrected chi connectivity index (χ3v) is 9.54. The average molecular weight is 606 g/mol. The highest BCUT2D eigenvalue weighted by molar-refractivity contribution is 7.09. The summed E-state index contributed by atoms with van der Waals surface area (Å²) < 4.78 is 5.85. The van der Waals surface area contributed by atoms with Crippen LogP contribution in [0.15, 0.2) is 53.9 Å². The van der Waals surface area contributed by atoms with Gasteiger partial charge in [-0.25, -0.2) is 0 Å². The molecule has 3 rings (SSSR count). The lowest BCUT2D eigenvalue weighted by atomic mass is 10.0. The molecule has 3 aromatic rings. The van der Waals surface area contributed by atoms with Crippen LogP contribution in [0.2, 0.25) is 0 Å². The van der Waals surface area contributed by atoms with E-state index in [1.807, 2.05) is 23.5 Å². The third-order valence-electron chi connectivity index (χ3n) is 8.60. The standard InChI is InChI=1S/C39H59NO2S/c1-3-5-6-7-8-9-10-11-12-13-14-15-16-17-18-19-20-26-39(41)42-38-25-21-23-34-33-35(27-28-37(34)38)40(30-4-2)31-29-36-24-22-32-43-36/h21-25,27-28,32-33H,3-20,26,29-31H2,1-2H3. The summed E-state index contributed by atoms with van der Waals surface area (Å²) in [5.41, 5.74) is 1.23. The van der Waals surface area contributed by atoms with Gasteiger partial charge in [-0.3, -0.25) is 4.79 Å². The number of carbonyl (C=O) groups is 1. The zero-order chi connectivity index (χ0) is 30.4. The maximum absolute atomic E-state index is 12.6. The summed E-state index contributed by atoms with van der Waals surface area (Å²) >= 11 is 1.83. The number of hydrogen-bond donors (Lipinski definition) is 0. The lowest BCUT2D eigenvalue weighted by Crippen LogP contribution is -2.26. The number of hydrogen-bond acceptors (Lipinski definition) is 4. The van der Waals surface area contributed by atoms with Gasteiger partial charge < -0.3 is 9.64 Å². The molecule has 1 heterocycles. The van der Waals surface area contributed by atoms with E-state index in [-0.39, 0.29) is 5.97 Å². The molecule has 0 saturated carbocycles. The number of fused-ring (bicyclic) bond motifs is 1. The summed E-state index contributed by atoms with van der Waals surface area (Å²) in [6.07, 6.45) is 25.5. The van der Waals surface area contributed by atoms with Crippen molar-refractivity contribution in [3.05, 3.63) is 58.8 Å². The second-order valence-corrected chi connectivity index (χ2v) is 13.4. The van der Waals surface area contributed by atoms with Crippen LogP contribution in [-0.4, -0.2) is 19.1 Å². The minimum Gasteiger partial charge on any atom is -0.426 e. The first kappa shape index (κ1) is 35.2. The van der Waals surface area contributed by atoms with Gasteiger partial charge in [-0.15, -0.1) is 11.3 Å². The number of unbranched alkanes of at least 4 members (excludes halogenated alkanes) is 16.